The zero-order chi connectivity index (χ0) is 19.8. The van der Waals surface area contributed by atoms with Gasteiger partial charge in [0.15, 0.2) is 18.1 Å². The molecule has 27 heavy (non-hydrogen) atoms. The van der Waals surface area contributed by atoms with Crippen molar-refractivity contribution >= 4 is 17.6 Å². The first-order valence-corrected chi connectivity index (χ1v) is 8.42. The molecule has 144 valence electrons. The first-order chi connectivity index (χ1) is 12.9. The van der Waals surface area contributed by atoms with Gasteiger partial charge < -0.3 is 19.5 Å². The number of ether oxygens (including phenoxy) is 3. The van der Waals surface area contributed by atoms with Crippen LogP contribution in [-0.4, -0.2) is 32.2 Å². The van der Waals surface area contributed by atoms with Crippen molar-refractivity contribution < 1.29 is 28.2 Å². The molecule has 1 amide bonds. The summed E-state index contributed by atoms with van der Waals surface area (Å²) in [4.78, 5) is 24.0. The lowest BCUT2D eigenvalue weighted by Gasteiger charge is -2.13. The number of nitrogens with one attached hydrogen (secondary N) is 1. The van der Waals surface area contributed by atoms with Crippen LogP contribution in [0.3, 0.4) is 0 Å². The number of carbonyl (C=O) groups is 2. The van der Waals surface area contributed by atoms with Crippen molar-refractivity contribution in [2.24, 2.45) is 5.92 Å². The molecule has 0 heterocycles. The molecule has 1 N–H and O–H groups in total. The van der Waals surface area contributed by atoms with E-state index in [0.717, 1.165) is 0 Å². The molecule has 0 saturated carbocycles. The molecule has 0 atom stereocenters. The SMILES string of the molecule is COc1cc(C(=O)OCC(=O)Nc2cccc(F)c2)ccc1OCC(C)C. The number of methoxy groups -OCH3 is 1. The Balaban J connectivity index is 1.93. The number of halogens is 1. The zero-order valence-electron chi connectivity index (χ0n) is 15.5. The number of amides is 1. The minimum absolute atomic E-state index is 0.224. The van der Waals surface area contributed by atoms with Crippen molar-refractivity contribution in [1.29, 1.82) is 0 Å². The smallest absolute Gasteiger partial charge is 0.338 e. The highest BCUT2D eigenvalue weighted by atomic mass is 19.1. The van der Waals surface area contributed by atoms with Crippen LogP contribution in [0.25, 0.3) is 0 Å². The van der Waals surface area contributed by atoms with Gasteiger partial charge in [-0.2, -0.15) is 0 Å². The highest BCUT2D eigenvalue weighted by Gasteiger charge is 2.14. The Kier molecular flexibility index (Phi) is 7.16. The average molecular weight is 375 g/mol. The largest absolute Gasteiger partial charge is 0.493 e. The fourth-order valence-corrected chi connectivity index (χ4v) is 2.15. The summed E-state index contributed by atoms with van der Waals surface area (Å²) in [5, 5.41) is 2.45. The molecule has 2 rings (SSSR count). The number of anilines is 1. The molecule has 0 unspecified atom stereocenters. The van der Waals surface area contributed by atoms with Crippen molar-refractivity contribution in [1.82, 2.24) is 0 Å². The maximum Gasteiger partial charge on any atom is 0.338 e. The highest BCUT2D eigenvalue weighted by Crippen LogP contribution is 2.28. The average Bonchev–Trinajstić information content (AvgIpc) is 2.64. The van der Waals surface area contributed by atoms with Crippen molar-refractivity contribution in [3.63, 3.8) is 0 Å². The minimum Gasteiger partial charge on any atom is -0.493 e. The van der Waals surface area contributed by atoms with Crippen LogP contribution in [-0.2, 0) is 9.53 Å². The quantitative estimate of drug-likeness (QED) is 0.713. The number of hydrogen-bond donors (Lipinski definition) is 1. The van der Waals surface area contributed by atoms with E-state index in [4.69, 9.17) is 14.2 Å². The van der Waals surface area contributed by atoms with E-state index < -0.39 is 24.3 Å². The lowest BCUT2D eigenvalue weighted by atomic mass is 10.2. The molecule has 0 aliphatic heterocycles. The second-order valence-corrected chi connectivity index (χ2v) is 6.21. The molecule has 0 aromatic heterocycles. The van der Waals surface area contributed by atoms with Gasteiger partial charge in [-0.05, 0) is 42.3 Å². The fraction of sp³-hybridized carbons (Fsp3) is 0.300. The number of rotatable bonds is 8. The first kappa shape index (κ1) is 20.2. The minimum atomic E-state index is -0.682. The summed E-state index contributed by atoms with van der Waals surface area (Å²) in [5.41, 5.74) is 0.506. The summed E-state index contributed by atoms with van der Waals surface area (Å²) in [6.07, 6.45) is 0. The summed E-state index contributed by atoms with van der Waals surface area (Å²) in [6.45, 7) is 4.06. The number of carbonyl (C=O) groups excluding carboxylic acids is 2. The summed E-state index contributed by atoms with van der Waals surface area (Å²) in [6, 6.07) is 10.1. The van der Waals surface area contributed by atoms with Crippen molar-refractivity contribution in [2.75, 3.05) is 25.6 Å². The predicted molar refractivity (Wildman–Crippen MR) is 98.6 cm³/mol. The Morgan fingerprint density at radius 3 is 2.56 bits per heavy atom. The van der Waals surface area contributed by atoms with Gasteiger partial charge in [-0.15, -0.1) is 0 Å². The normalized spacial score (nSPS) is 10.4. The van der Waals surface area contributed by atoms with Crippen molar-refractivity contribution in [3.05, 3.63) is 53.8 Å². The third-order valence-corrected chi connectivity index (χ3v) is 3.41. The molecule has 0 saturated heterocycles. The van der Waals surface area contributed by atoms with E-state index in [1.807, 2.05) is 13.8 Å². The molecule has 0 bridgehead atoms. The highest BCUT2D eigenvalue weighted by molar-refractivity contribution is 5.95. The van der Waals surface area contributed by atoms with Crippen molar-refractivity contribution in [3.8, 4) is 11.5 Å². The van der Waals surface area contributed by atoms with E-state index in [1.165, 1.54) is 43.5 Å². The Hall–Kier alpha value is -3.09. The van der Waals surface area contributed by atoms with Crippen molar-refractivity contribution in [2.45, 2.75) is 13.8 Å². The first-order valence-electron chi connectivity index (χ1n) is 8.42. The fourth-order valence-electron chi connectivity index (χ4n) is 2.15. The molecule has 7 heteroatoms. The van der Waals surface area contributed by atoms with Crippen LogP contribution in [0.1, 0.15) is 24.2 Å². The molecule has 0 aliphatic carbocycles. The second-order valence-electron chi connectivity index (χ2n) is 6.21. The Bertz CT molecular complexity index is 807. The number of hydrogen-bond acceptors (Lipinski definition) is 5. The van der Waals surface area contributed by atoms with E-state index in [1.54, 1.807) is 6.07 Å². The molecule has 2 aromatic rings. The topological polar surface area (TPSA) is 73.9 Å². The van der Waals surface area contributed by atoms with Crippen LogP contribution in [0, 0.1) is 11.7 Å². The van der Waals surface area contributed by atoms with Gasteiger partial charge in [-0.25, -0.2) is 9.18 Å². The van der Waals surface area contributed by atoms with Gasteiger partial charge in [-0.3, -0.25) is 4.79 Å². The van der Waals surface area contributed by atoms with Gasteiger partial charge in [0.25, 0.3) is 5.91 Å². The Morgan fingerprint density at radius 1 is 1.11 bits per heavy atom. The van der Waals surface area contributed by atoms with E-state index in [-0.39, 0.29) is 11.3 Å². The van der Waals surface area contributed by atoms with E-state index in [2.05, 4.69) is 5.32 Å². The molecule has 0 aliphatic rings. The number of esters is 1. The van der Waals surface area contributed by atoms with Crippen LogP contribution in [0.4, 0.5) is 10.1 Å². The molecule has 0 spiro atoms. The molecular formula is C20H22FNO5. The third-order valence-electron chi connectivity index (χ3n) is 3.41. The van der Waals surface area contributed by atoms with Gasteiger partial charge >= 0.3 is 5.97 Å². The van der Waals surface area contributed by atoms with Gasteiger partial charge in [0.05, 0.1) is 19.3 Å². The predicted octanol–water partition coefficient (Wildman–Crippen LogP) is 3.66. The van der Waals surface area contributed by atoms with E-state index in [9.17, 15) is 14.0 Å². The third kappa shape index (κ3) is 6.29. The lowest BCUT2D eigenvalue weighted by Crippen LogP contribution is -2.21. The van der Waals surface area contributed by atoms with Gasteiger partial charge in [-0.1, -0.05) is 19.9 Å². The van der Waals surface area contributed by atoms with E-state index >= 15 is 0 Å². The summed E-state index contributed by atoms with van der Waals surface area (Å²) < 4.78 is 28.9. The zero-order valence-corrected chi connectivity index (χ0v) is 15.5. The molecular weight excluding hydrogens is 353 g/mol. The standard InChI is InChI=1S/C20H22FNO5/c1-13(2)11-26-17-8-7-14(9-18(17)25-3)20(24)27-12-19(23)22-16-6-4-5-15(21)10-16/h4-10,13H,11-12H2,1-3H3,(H,22,23). The van der Waals surface area contributed by atoms with Crippen LogP contribution in [0.5, 0.6) is 11.5 Å². The lowest BCUT2D eigenvalue weighted by molar-refractivity contribution is -0.119. The second kappa shape index (κ2) is 9.56. The van der Waals surface area contributed by atoms with E-state index in [0.29, 0.717) is 24.0 Å². The van der Waals surface area contributed by atoms with Gasteiger partial charge in [0.2, 0.25) is 0 Å². The molecule has 2 aromatic carbocycles. The number of benzene rings is 2. The summed E-state index contributed by atoms with van der Waals surface area (Å²) >= 11 is 0. The Labute approximate surface area is 157 Å². The van der Waals surface area contributed by atoms with Crippen LogP contribution in [0.2, 0.25) is 0 Å². The maximum absolute atomic E-state index is 13.1. The molecule has 6 nitrogen and oxygen atoms in total. The van der Waals surface area contributed by atoms with Crippen LogP contribution < -0.4 is 14.8 Å². The monoisotopic (exact) mass is 375 g/mol. The summed E-state index contributed by atoms with van der Waals surface area (Å²) in [5.74, 6) is -0.468. The molecule has 0 fully saturated rings. The molecule has 0 radical (unpaired) electrons. The van der Waals surface area contributed by atoms with Gasteiger partial charge in [0.1, 0.15) is 5.82 Å². The summed E-state index contributed by atoms with van der Waals surface area (Å²) in [7, 11) is 1.47. The van der Waals surface area contributed by atoms with Crippen LogP contribution in [0.15, 0.2) is 42.5 Å². The Morgan fingerprint density at radius 2 is 1.89 bits per heavy atom. The maximum atomic E-state index is 13.1. The van der Waals surface area contributed by atoms with Crippen LogP contribution >= 0.6 is 0 Å². The van der Waals surface area contributed by atoms with Gasteiger partial charge in [0, 0.05) is 5.69 Å².